The van der Waals surface area contributed by atoms with Crippen molar-refractivity contribution in [2.75, 3.05) is 13.2 Å². The number of hydrogen-bond acceptors (Lipinski definition) is 8. The Morgan fingerprint density at radius 3 is 2.44 bits per heavy atom. The molecule has 0 bridgehead atoms. The number of hydrogen-bond donors (Lipinski definition) is 0. The van der Waals surface area contributed by atoms with Crippen molar-refractivity contribution in [3.8, 4) is 0 Å². The van der Waals surface area contributed by atoms with Crippen LogP contribution in [0.15, 0.2) is 22.8 Å². The summed E-state index contributed by atoms with van der Waals surface area (Å²) < 4.78 is 15.4. The molecule has 0 spiro atoms. The molecule has 0 aromatic carbocycles. The Labute approximate surface area is 156 Å². The van der Waals surface area contributed by atoms with Crippen molar-refractivity contribution in [1.29, 1.82) is 0 Å². The van der Waals surface area contributed by atoms with Crippen molar-refractivity contribution >= 4 is 17.7 Å². The molecule has 0 radical (unpaired) electrons. The molecule has 148 valence electrons. The lowest BCUT2D eigenvalue weighted by Crippen LogP contribution is -2.44. The number of rotatable bonds is 8. The molecule has 0 N–H and O–H groups in total. The third-order valence-corrected chi connectivity index (χ3v) is 5.03. The second-order valence-electron chi connectivity index (χ2n) is 6.49. The van der Waals surface area contributed by atoms with E-state index in [0.717, 1.165) is 0 Å². The molecule has 1 heterocycles. The Kier molecular flexibility index (Phi) is 6.35. The average Bonchev–Trinajstić information content (AvgIpc) is 3.20. The molecule has 9 nitrogen and oxygen atoms in total. The highest BCUT2D eigenvalue weighted by Gasteiger charge is 2.68. The van der Waals surface area contributed by atoms with Gasteiger partial charge < -0.3 is 13.9 Å². The van der Waals surface area contributed by atoms with Crippen LogP contribution in [0.4, 0.5) is 0 Å². The molecule has 1 aromatic rings. The van der Waals surface area contributed by atoms with E-state index in [1.54, 1.807) is 13.8 Å². The van der Waals surface area contributed by atoms with Gasteiger partial charge in [0.25, 0.3) is 0 Å². The lowest BCUT2D eigenvalue weighted by molar-refractivity contribution is -0.533. The van der Waals surface area contributed by atoms with E-state index in [0.29, 0.717) is 0 Å². The number of ketones is 1. The van der Waals surface area contributed by atoms with Gasteiger partial charge in [0.05, 0.1) is 25.9 Å². The van der Waals surface area contributed by atoms with Crippen molar-refractivity contribution in [2.45, 2.75) is 45.6 Å². The van der Waals surface area contributed by atoms with E-state index >= 15 is 0 Å². The predicted molar refractivity (Wildman–Crippen MR) is 91.3 cm³/mol. The van der Waals surface area contributed by atoms with Crippen LogP contribution in [0, 0.1) is 21.4 Å². The Morgan fingerprint density at radius 1 is 1.30 bits per heavy atom. The number of ether oxygens (including phenoxy) is 2. The molecule has 1 aromatic heterocycles. The quantitative estimate of drug-likeness (QED) is 0.290. The third-order valence-electron chi connectivity index (χ3n) is 5.03. The van der Waals surface area contributed by atoms with Crippen LogP contribution in [0.5, 0.6) is 0 Å². The summed E-state index contributed by atoms with van der Waals surface area (Å²) in [5.74, 6) is -3.90. The van der Waals surface area contributed by atoms with Crippen molar-refractivity contribution < 1.29 is 33.2 Å². The monoisotopic (exact) mass is 381 g/mol. The molecule has 0 unspecified atom stereocenters. The van der Waals surface area contributed by atoms with Crippen LogP contribution in [0.2, 0.25) is 0 Å². The van der Waals surface area contributed by atoms with Gasteiger partial charge >= 0.3 is 11.9 Å². The first-order valence-electron chi connectivity index (χ1n) is 8.80. The van der Waals surface area contributed by atoms with Gasteiger partial charge in [0.2, 0.25) is 6.04 Å². The van der Waals surface area contributed by atoms with E-state index < -0.39 is 45.9 Å². The number of nitrogens with zero attached hydrogens (tertiary/aromatic N) is 1. The standard InChI is InChI=1S/C18H23NO8/c1-4-25-14(21)9-12-10-18(11(3)20,17(22)26-5-2)15(16(12)19(23)24)13-7-6-8-27-13/h6-8,12,15-16H,4-5,9-10H2,1-3H3/t12-,15+,16-,18+/m1/s1. The Bertz CT molecular complexity index is 713. The third kappa shape index (κ3) is 3.72. The van der Waals surface area contributed by atoms with Gasteiger partial charge in [-0.1, -0.05) is 0 Å². The minimum Gasteiger partial charge on any atom is -0.469 e. The number of nitro groups is 1. The van der Waals surface area contributed by atoms with Gasteiger partial charge in [-0.2, -0.15) is 0 Å². The zero-order chi connectivity index (χ0) is 20.2. The number of furan rings is 1. The minimum absolute atomic E-state index is 0.0183. The van der Waals surface area contributed by atoms with Gasteiger partial charge in [-0.3, -0.25) is 24.5 Å². The highest BCUT2D eigenvalue weighted by molar-refractivity contribution is 6.04. The first-order chi connectivity index (χ1) is 12.8. The largest absolute Gasteiger partial charge is 0.469 e. The zero-order valence-electron chi connectivity index (χ0n) is 15.5. The van der Waals surface area contributed by atoms with E-state index in [4.69, 9.17) is 13.9 Å². The number of Topliss-reactive ketones (excluding diaryl/α,β-unsaturated/α-hetero) is 1. The summed E-state index contributed by atoms with van der Waals surface area (Å²) in [6.07, 6.45) is 0.864. The molecule has 1 fully saturated rings. The maximum absolute atomic E-state index is 12.8. The van der Waals surface area contributed by atoms with E-state index in [2.05, 4.69) is 0 Å². The van der Waals surface area contributed by atoms with Gasteiger partial charge in [0.1, 0.15) is 22.9 Å². The summed E-state index contributed by atoms with van der Waals surface area (Å²) in [6.45, 7) is 4.57. The van der Waals surface area contributed by atoms with Crippen LogP contribution < -0.4 is 0 Å². The molecular formula is C18H23NO8. The summed E-state index contributed by atoms with van der Waals surface area (Å²) in [5.41, 5.74) is -1.79. The number of carbonyl (C=O) groups is 3. The minimum atomic E-state index is -1.79. The lowest BCUT2D eigenvalue weighted by Gasteiger charge is -2.29. The molecule has 1 aliphatic rings. The van der Waals surface area contributed by atoms with Crippen molar-refractivity contribution in [1.82, 2.24) is 0 Å². The molecule has 0 aliphatic heterocycles. The van der Waals surface area contributed by atoms with Crippen LogP contribution in [-0.2, 0) is 23.9 Å². The fourth-order valence-corrected chi connectivity index (χ4v) is 4.00. The molecule has 0 amide bonds. The van der Waals surface area contributed by atoms with Crippen molar-refractivity contribution in [3.05, 3.63) is 34.3 Å². The summed E-state index contributed by atoms with van der Waals surface area (Å²) in [4.78, 5) is 48.8. The predicted octanol–water partition coefficient (Wildman–Crippen LogP) is 2.12. The van der Waals surface area contributed by atoms with Crippen LogP contribution in [0.25, 0.3) is 0 Å². The Morgan fingerprint density at radius 2 is 1.96 bits per heavy atom. The lowest BCUT2D eigenvalue weighted by atomic mass is 9.72. The first kappa shape index (κ1) is 20.6. The second kappa shape index (κ2) is 8.32. The van der Waals surface area contributed by atoms with Gasteiger partial charge in [0, 0.05) is 10.8 Å². The summed E-state index contributed by atoms with van der Waals surface area (Å²) in [6, 6.07) is 1.65. The van der Waals surface area contributed by atoms with Crippen LogP contribution in [0.3, 0.4) is 0 Å². The van der Waals surface area contributed by atoms with Crippen LogP contribution in [0.1, 0.15) is 45.3 Å². The Hall–Kier alpha value is -2.71. The zero-order valence-corrected chi connectivity index (χ0v) is 15.5. The van der Waals surface area contributed by atoms with E-state index in [-0.39, 0.29) is 31.8 Å². The molecule has 0 saturated heterocycles. The maximum Gasteiger partial charge on any atom is 0.320 e. The van der Waals surface area contributed by atoms with Gasteiger partial charge in [-0.05, 0) is 39.3 Å². The number of esters is 2. The van der Waals surface area contributed by atoms with Gasteiger partial charge in [-0.15, -0.1) is 0 Å². The van der Waals surface area contributed by atoms with E-state index in [1.807, 2.05) is 0 Å². The molecule has 2 rings (SSSR count). The van der Waals surface area contributed by atoms with Gasteiger partial charge in [-0.25, -0.2) is 0 Å². The molecule has 27 heavy (non-hydrogen) atoms. The highest BCUT2D eigenvalue weighted by Crippen LogP contribution is 2.55. The normalized spacial score (nSPS) is 27.1. The molecular weight excluding hydrogens is 358 g/mol. The van der Waals surface area contributed by atoms with Gasteiger partial charge in [0.15, 0.2) is 0 Å². The SMILES string of the molecule is CCOC(=O)C[C@@H]1C[C@@](C(C)=O)(C(=O)OCC)[C@@H](c2ccco2)[C@@H]1[N+](=O)[O-]. The van der Waals surface area contributed by atoms with E-state index in [1.165, 1.54) is 25.3 Å². The van der Waals surface area contributed by atoms with Crippen LogP contribution in [-0.4, -0.2) is 41.9 Å². The molecule has 9 heteroatoms. The van der Waals surface area contributed by atoms with Crippen molar-refractivity contribution in [2.24, 2.45) is 11.3 Å². The Balaban J connectivity index is 2.58. The highest BCUT2D eigenvalue weighted by atomic mass is 16.6. The topological polar surface area (TPSA) is 126 Å². The van der Waals surface area contributed by atoms with Crippen LogP contribution >= 0.6 is 0 Å². The summed E-state index contributed by atoms with van der Waals surface area (Å²) in [7, 11) is 0. The molecule has 1 aliphatic carbocycles. The fraction of sp³-hybridized carbons (Fsp3) is 0.611. The van der Waals surface area contributed by atoms with E-state index in [9.17, 15) is 24.5 Å². The molecule has 4 atom stereocenters. The molecule has 1 saturated carbocycles. The second-order valence-corrected chi connectivity index (χ2v) is 6.49. The summed E-state index contributed by atoms with van der Waals surface area (Å²) in [5, 5.41) is 11.9. The smallest absolute Gasteiger partial charge is 0.320 e. The number of carbonyl (C=O) groups excluding carboxylic acids is 3. The fourth-order valence-electron chi connectivity index (χ4n) is 4.00. The van der Waals surface area contributed by atoms with Crippen molar-refractivity contribution in [3.63, 3.8) is 0 Å². The maximum atomic E-state index is 12.8. The summed E-state index contributed by atoms with van der Waals surface area (Å²) >= 11 is 0. The first-order valence-corrected chi connectivity index (χ1v) is 8.80. The average molecular weight is 381 g/mol.